The summed E-state index contributed by atoms with van der Waals surface area (Å²) in [5.74, 6) is 6.04. The first-order valence-electron chi connectivity index (χ1n) is 6.38. The van der Waals surface area contributed by atoms with Crippen LogP contribution in [0.1, 0.15) is 36.6 Å². The van der Waals surface area contributed by atoms with Crippen LogP contribution in [0.5, 0.6) is 0 Å². The highest BCUT2D eigenvalue weighted by atomic mass is 35.5. The summed E-state index contributed by atoms with van der Waals surface area (Å²) in [7, 11) is 0. The molecule has 0 radical (unpaired) electrons. The zero-order valence-corrected chi connectivity index (χ0v) is 11.6. The fraction of sp³-hybridized carbons (Fsp3) is 0.250. The molecule has 0 spiro atoms. The normalized spacial score (nSPS) is 9.79. The predicted molar refractivity (Wildman–Crippen MR) is 78.1 cm³/mol. The van der Waals surface area contributed by atoms with Crippen LogP contribution in [0.3, 0.4) is 0 Å². The first-order valence-corrected chi connectivity index (χ1v) is 6.76. The first-order chi connectivity index (χ1) is 9.28. The smallest absolute Gasteiger partial charge is 0.140 e. The molecule has 0 atom stereocenters. The molecule has 1 aromatic carbocycles. The molecule has 96 valence electrons. The average molecular weight is 271 g/mol. The van der Waals surface area contributed by atoms with Gasteiger partial charge in [0, 0.05) is 5.56 Å². The third-order valence-corrected chi connectivity index (χ3v) is 2.94. The number of nitrogens with zero attached hydrogens (tertiary/aromatic N) is 2. The molecule has 0 saturated carbocycles. The summed E-state index contributed by atoms with van der Waals surface area (Å²) >= 11 is 5.67. The Morgan fingerprint density at radius 1 is 1.00 bits per heavy atom. The molecule has 3 heteroatoms. The molecule has 0 fully saturated rings. The van der Waals surface area contributed by atoms with Crippen LogP contribution in [-0.2, 0) is 6.42 Å². The van der Waals surface area contributed by atoms with E-state index >= 15 is 0 Å². The molecule has 19 heavy (non-hydrogen) atoms. The van der Waals surface area contributed by atoms with E-state index in [1.165, 1.54) is 18.4 Å². The van der Waals surface area contributed by atoms with Gasteiger partial charge in [-0.2, -0.15) is 0 Å². The van der Waals surface area contributed by atoms with Gasteiger partial charge in [0.1, 0.15) is 5.69 Å². The third kappa shape index (κ3) is 4.39. The van der Waals surface area contributed by atoms with Gasteiger partial charge in [0.15, 0.2) is 5.15 Å². The van der Waals surface area contributed by atoms with Crippen LogP contribution in [-0.4, -0.2) is 10.2 Å². The molecule has 0 bridgehead atoms. The second-order valence-corrected chi connectivity index (χ2v) is 4.68. The highest BCUT2D eigenvalue weighted by Gasteiger charge is 1.93. The van der Waals surface area contributed by atoms with Crippen molar-refractivity contribution in [2.24, 2.45) is 0 Å². The van der Waals surface area contributed by atoms with E-state index in [0.29, 0.717) is 10.8 Å². The zero-order chi connectivity index (χ0) is 13.5. The van der Waals surface area contributed by atoms with Crippen molar-refractivity contribution in [3.8, 4) is 11.8 Å². The van der Waals surface area contributed by atoms with Crippen molar-refractivity contribution in [2.75, 3.05) is 0 Å². The van der Waals surface area contributed by atoms with E-state index in [9.17, 15) is 0 Å². The maximum absolute atomic E-state index is 5.67. The third-order valence-electron chi connectivity index (χ3n) is 2.74. The van der Waals surface area contributed by atoms with Crippen molar-refractivity contribution in [3.05, 3.63) is 58.4 Å². The standard InChI is InChI=1S/C16H15ClN2/c1-2-3-4-13-5-7-14(8-6-13)9-10-15-11-12-16(17)19-18-15/h5-8,11-12H,2-4H2,1H3. The highest BCUT2D eigenvalue weighted by Crippen LogP contribution is 2.07. The molecule has 2 aromatic rings. The molecular weight excluding hydrogens is 256 g/mol. The van der Waals surface area contributed by atoms with Gasteiger partial charge in [-0.05, 0) is 48.6 Å². The van der Waals surface area contributed by atoms with Gasteiger partial charge in [-0.3, -0.25) is 0 Å². The van der Waals surface area contributed by atoms with Crippen LogP contribution in [0.2, 0.25) is 5.15 Å². The molecule has 1 heterocycles. The lowest BCUT2D eigenvalue weighted by Crippen LogP contribution is -1.87. The quantitative estimate of drug-likeness (QED) is 0.791. The molecule has 0 aliphatic heterocycles. The van der Waals surface area contributed by atoms with Crippen LogP contribution < -0.4 is 0 Å². The molecule has 2 rings (SSSR count). The van der Waals surface area contributed by atoms with Crippen LogP contribution in [0.4, 0.5) is 0 Å². The van der Waals surface area contributed by atoms with Crippen LogP contribution >= 0.6 is 11.6 Å². The molecule has 0 unspecified atom stereocenters. The molecule has 0 aliphatic rings. The number of benzene rings is 1. The van der Waals surface area contributed by atoms with Gasteiger partial charge in [-0.25, -0.2) is 0 Å². The molecular formula is C16H15ClN2. The second-order valence-electron chi connectivity index (χ2n) is 4.29. The first kappa shape index (κ1) is 13.6. The zero-order valence-electron chi connectivity index (χ0n) is 10.9. The van der Waals surface area contributed by atoms with E-state index in [1.807, 2.05) is 12.1 Å². The van der Waals surface area contributed by atoms with Gasteiger partial charge in [0.05, 0.1) is 0 Å². The second kappa shape index (κ2) is 6.92. The Bertz CT molecular complexity index is 577. The minimum absolute atomic E-state index is 0.380. The van der Waals surface area contributed by atoms with E-state index in [-0.39, 0.29) is 0 Å². The summed E-state index contributed by atoms with van der Waals surface area (Å²) in [6, 6.07) is 11.8. The minimum atomic E-state index is 0.380. The van der Waals surface area contributed by atoms with Gasteiger partial charge in [-0.15, -0.1) is 10.2 Å². The number of unbranched alkanes of at least 4 members (excludes halogenated alkanes) is 1. The number of aryl methyl sites for hydroxylation is 1. The van der Waals surface area contributed by atoms with Crippen molar-refractivity contribution in [2.45, 2.75) is 26.2 Å². The van der Waals surface area contributed by atoms with Crippen molar-refractivity contribution < 1.29 is 0 Å². The Hall–Kier alpha value is -1.85. The monoisotopic (exact) mass is 270 g/mol. The fourth-order valence-electron chi connectivity index (χ4n) is 1.65. The number of halogens is 1. The summed E-state index contributed by atoms with van der Waals surface area (Å²) in [6.07, 6.45) is 3.58. The largest absolute Gasteiger partial charge is 0.151 e. The number of hydrogen-bond acceptors (Lipinski definition) is 2. The average Bonchev–Trinajstić information content (AvgIpc) is 2.46. The summed E-state index contributed by atoms with van der Waals surface area (Å²) in [5, 5.41) is 8.03. The van der Waals surface area contributed by atoms with E-state index in [0.717, 1.165) is 12.0 Å². The van der Waals surface area contributed by atoms with E-state index in [4.69, 9.17) is 11.6 Å². The van der Waals surface area contributed by atoms with E-state index in [1.54, 1.807) is 12.1 Å². The lowest BCUT2D eigenvalue weighted by Gasteiger charge is -1.99. The van der Waals surface area contributed by atoms with Crippen molar-refractivity contribution >= 4 is 11.6 Å². The van der Waals surface area contributed by atoms with Gasteiger partial charge >= 0.3 is 0 Å². The van der Waals surface area contributed by atoms with Crippen LogP contribution in [0, 0.1) is 11.8 Å². The van der Waals surface area contributed by atoms with E-state index < -0.39 is 0 Å². The topological polar surface area (TPSA) is 25.8 Å². The lowest BCUT2D eigenvalue weighted by molar-refractivity contribution is 0.795. The molecule has 1 aromatic heterocycles. The van der Waals surface area contributed by atoms with Gasteiger partial charge in [0.2, 0.25) is 0 Å². The summed E-state index contributed by atoms with van der Waals surface area (Å²) < 4.78 is 0. The Morgan fingerprint density at radius 3 is 2.42 bits per heavy atom. The van der Waals surface area contributed by atoms with Gasteiger partial charge in [-0.1, -0.05) is 43.0 Å². The maximum Gasteiger partial charge on any atom is 0.151 e. The Balaban J connectivity index is 2.05. The summed E-state index contributed by atoms with van der Waals surface area (Å²) in [4.78, 5) is 0. The molecule has 0 N–H and O–H groups in total. The van der Waals surface area contributed by atoms with Crippen molar-refractivity contribution in [1.29, 1.82) is 0 Å². The maximum atomic E-state index is 5.67. The molecule has 0 saturated heterocycles. The molecule has 0 amide bonds. The van der Waals surface area contributed by atoms with Crippen LogP contribution in [0.25, 0.3) is 0 Å². The van der Waals surface area contributed by atoms with Crippen molar-refractivity contribution in [1.82, 2.24) is 10.2 Å². The minimum Gasteiger partial charge on any atom is -0.140 e. The molecule has 0 aliphatic carbocycles. The SMILES string of the molecule is CCCCc1ccc(C#Cc2ccc(Cl)nn2)cc1. The number of aromatic nitrogens is 2. The number of rotatable bonds is 3. The lowest BCUT2D eigenvalue weighted by atomic mass is 10.1. The van der Waals surface area contributed by atoms with Crippen LogP contribution in [0.15, 0.2) is 36.4 Å². The predicted octanol–water partition coefficient (Wildman–Crippen LogP) is 3.87. The van der Waals surface area contributed by atoms with Crippen molar-refractivity contribution in [3.63, 3.8) is 0 Å². The fourth-order valence-corrected chi connectivity index (χ4v) is 1.76. The Kier molecular flexibility index (Phi) is 4.94. The summed E-state index contributed by atoms with van der Waals surface area (Å²) in [6.45, 7) is 2.20. The summed E-state index contributed by atoms with van der Waals surface area (Å²) in [5.41, 5.74) is 2.97. The highest BCUT2D eigenvalue weighted by molar-refractivity contribution is 6.29. The Labute approximate surface area is 118 Å². The van der Waals surface area contributed by atoms with Gasteiger partial charge in [0.25, 0.3) is 0 Å². The van der Waals surface area contributed by atoms with Gasteiger partial charge < -0.3 is 0 Å². The Morgan fingerprint density at radius 2 is 1.79 bits per heavy atom. The number of hydrogen-bond donors (Lipinski definition) is 0. The molecule has 2 nitrogen and oxygen atoms in total. The van der Waals surface area contributed by atoms with E-state index in [2.05, 4.69) is 41.1 Å².